The van der Waals surface area contributed by atoms with E-state index in [9.17, 15) is 10.2 Å². The lowest BCUT2D eigenvalue weighted by Gasteiger charge is -2.22. The number of aliphatic hydroxyl groups is 2. The Morgan fingerprint density at radius 1 is 1.00 bits per heavy atom. The van der Waals surface area contributed by atoms with Crippen molar-refractivity contribution in [3.63, 3.8) is 0 Å². The molecular weight excluding hydrogens is 482 g/mol. The Balaban J connectivity index is 1.77. The normalized spacial score (nSPS) is 12.3. The Morgan fingerprint density at radius 3 is 2.51 bits per heavy atom. The number of benzene rings is 2. The fraction of sp³-hybridized carbons (Fsp3) is 0.379. The molecule has 8 heteroatoms. The molecule has 0 atom stereocenters. The first-order valence-corrected chi connectivity index (χ1v) is 16.5. The predicted octanol–water partition coefficient (Wildman–Crippen LogP) is 6.02. The van der Waals surface area contributed by atoms with Crippen molar-refractivity contribution in [1.82, 2.24) is 14.8 Å². The topological polar surface area (TPSA) is 89.6 Å². The number of methoxy groups -OCH3 is 1. The van der Waals surface area contributed by atoms with Crippen LogP contribution in [-0.4, -0.2) is 46.8 Å². The number of para-hydroxylation sites is 1. The average Bonchev–Trinajstić information content (AvgIpc) is 3.23. The highest BCUT2D eigenvalue weighted by molar-refractivity contribution is 6.76. The second-order valence-corrected chi connectivity index (χ2v) is 16.3. The summed E-state index contributed by atoms with van der Waals surface area (Å²) in [7, 11) is 0.452. The lowest BCUT2D eigenvalue weighted by atomic mass is 9.96. The number of hydrogen-bond acceptors (Lipinski definition) is 6. The van der Waals surface area contributed by atoms with Crippen molar-refractivity contribution < 1.29 is 19.7 Å². The van der Waals surface area contributed by atoms with Crippen LogP contribution >= 0.6 is 0 Å². The van der Waals surface area contributed by atoms with Crippen molar-refractivity contribution in [2.45, 2.75) is 58.0 Å². The van der Waals surface area contributed by atoms with Crippen LogP contribution in [0.4, 0.5) is 0 Å². The third kappa shape index (κ3) is 6.27. The minimum atomic E-state index is -1.87. The van der Waals surface area contributed by atoms with Gasteiger partial charge in [0.1, 0.15) is 18.2 Å². The molecule has 0 saturated carbocycles. The van der Waals surface area contributed by atoms with Gasteiger partial charge < -0.3 is 19.7 Å². The minimum Gasteiger partial charge on any atom is -0.496 e. The molecule has 0 bridgehead atoms. The molecule has 2 N–H and O–H groups in total. The van der Waals surface area contributed by atoms with Crippen LogP contribution in [0.5, 0.6) is 5.75 Å². The Morgan fingerprint density at radius 2 is 1.78 bits per heavy atom. The summed E-state index contributed by atoms with van der Waals surface area (Å²) in [4.78, 5) is 4.78. The van der Waals surface area contributed by atoms with Gasteiger partial charge in [-0.15, -0.1) is 0 Å². The van der Waals surface area contributed by atoms with E-state index in [0.29, 0.717) is 25.3 Å². The average molecular weight is 520 g/mol. The fourth-order valence-corrected chi connectivity index (χ4v) is 5.07. The molecular formula is C29H37N3O4Si. The van der Waals surface area contributed by atoms with Crippen molar-refractivity contribution in [2.24, 2.45) is 0 Å². The van der Waals surface area contributed by atoms with E-state index in [4.69, 9.17) is 19.6 Å². The Hall–Kier alpha value is -3.04. The molecule has 4 rings (SSSR count). The first-order chi connectivity index (χ1) is 17.6. The molecule has 0 spiro atoms. The van der Waals surface area contributed by atoms with Gasteiger partial charge in [-0.2, -0.15) is 5.10 Å². The highest BCUT2D eigenvalue weighted by Crippen LogP contribution is 2.36. The number of hydrogen-bond donors (Lipinski definition) is 2. The molecule has 37 heavy (non-hydrogen) atoms. The quantitative estimate of drug-likeness (QED) is 0.143. The second-order valence-electron chi connectivity index (χ2n) is 10.6. The van der Waals surface area contributed by atoms with Crippen LogP contribution < -0.4 is 4.74 Å². The van der Waals surface area contributed by atoms with Crippen LogP contribution in [0.1, 0.15) is 25.3 Å². The molecule has 0 aliphatic heterocycles. The van der Waals surface area contributed by atoms with E-state index in [2.05, 4.69) is 19.6 Å². The molecule has 0 radical (unpaired) electrons. The van der Waals surface area contributed by atoms with Crippen LogP contribution in [0.3, 0.4) is 0 Å². The van der Waals surface area contributed by atoms with Crippen LogP contribution in [-0.2, 0) is 17.3 Å². The molecule has 0 amide bonds. The largest absolute Gasteiger partial charge is 0.496 e. The zero-order valence-electron chi connectivity index (χ0n) is 22.4. The SMILES string of the molecule is CCCC(O)(O)c1cccc(-c2cnc3c(c2)c(-c2ccccc2OC)nn3COCC[Si](C)(C)C)c1. The molecule has 2 heterocycles. The first kappa shape index (κ1) is 27.0. The molecule has 0 unspecified atom stereocenters. The lowest BCUT2D eigenvalue weighted by molar-refractivity contribution is -0.174. The Kier molecular flexibility index (Phi) is 8.13. The molecule has 2 aromatic carbocycles. The van der Waals surface area contributed by atoms with E-state index >= 15 is 0 Å². The molecule has 0 aliphatic carbocycles. The first-order valence-electron chi connectivity index (χ1n) is 12.8. The Bertz CT molecular complexity index is 1360. The van der Waals surface area contributed by atoms with E-state index in [1.165, 1.54) is 0 Å². The molecule has 0 saturated heterocycles. The number of aromatic nitrogens is 3. The predicted molar refractivity (Wildman–Crippen MR) is 150 cm³/mol. The maximum atomic E-state index is 10.5. The van der Waals surface area contributed by atoms with Gasteiger partial charge in [-0.25, -0.2) is 9.67 Å². The zero-order valence-corrected chi connectivity index (χ0v) is 23.4. The third-order valence-electron chi connectivity index (χ3n) is 6.42. The molecule has 196 valence electrons. The van der Waals surface area contributed by atoms with Crippen LogP contribution in [0, 0.1) is 0 Å². The maximum absolute atomic E-state index is 10.5. The van der Waals surface area contributed by atoms with Gasteiger partial charge in [0.15, 0.2) is 11.4 Å². The van der Waals surface area contributed by atoms with Gasteiger partial charge in [-0.05, 0) is 35.9 Å². The second kappa shape index (κ2) is 11.1. The summed E-state index contributed by atoms with van der Waals surface area (Å²) in [6.45, 7) is 9.92. The van der Waals surface area contributed by atoms with Crippen molar-refractivity contribution in [3.8, 4) is 28.1 Å². The summed E-state index contributed by atoms with van der Waals surface area (Å²) in [5, 5.41) is 26.8. The van der Waals surface area contributed by atoms with E-state index in [1.807, 2.05) is 55.5 Å². The highest BCUT2D eigenvalue weighted by Gasteiger charge is 2.25. The molecule has 4 aromatic rings. The van der Waals surface area contributed by atoms with Crippen molar-refractivity contribution >= 4 is 19.1 Å². The van der Waals surface area contributed by atoms with E-state index in [1.54, 1.807) is 24.1 Å². The van der Waals surface area contributed by atoms with Gasteiger partial charge in [-0.1, -0.05) is 63.3 Å². The van der Waals surface area contributed by atoms with E-state index < -0.39 is 13.9 Å². The standard InChI is InChI=1S/C29H37N3O4Si/c1-6-14-29(33,34)23-11-9-10-21(17-23)22-18-25-27(24-12-7-8-13-26(24)35-2)31-32(28(25)30-19-22)20-36-15-16-37(3,4)5/h7-13,17-19,33-34H,6,14-16,20H2,1-5H3. The number of ether oxygens (including phenoxy) is 2. The molecule has 0 aliphatic rings. The molecule has 7 nitrogen and oxygen atoms in total. The molecule has 0 fully saturated rings. The summed E-state index contributed by atoms with van der Waals surface area (Å²) >= 11 is 0. The van der Waals surface area contributed by atoms with E-state index in [-0.39, 0.29) is 6.42 Å². The lowest BCUT2D eigenvalue weighted by Crippen LogP contribution is -2.24. The van der Waals surface area contributed by atoms with Crippen LogP contribution in [0.15, 0.2) is 60.8 Å². The van der Waals surface area contributed by atoms with Gasteiger partial charge in [0.05, 0.1) is 7.11 Å². The third-order valence-corrected chi connectivity index (χ3v) is 8.12. The van der Waals surface area contributed by atoms with E-state index in [0.717, 1.165) is 45.2 Å². The number of nitrogens with zero attached hydrogens (tertiary/aromatic N) is 3. The highest BCUT2D eigenvalue weighted by atomic mass is 28.3. The summed E-state index contributed by atoms with van der Waals surface area (Å²) in [6, 6.07) is 18.3. The monoisotopic (exact) mass is 519 g/mol. The summed E-state index contributed by atoms with van der Waals surface area (Å²) in [5.41, 5.74) is 4.52. The summed E-state index contributed by atoms with van der Waals surface area (Å²) in [6.07, 6.45) is 2.71. The number of fused-ring (bicyclic) bond motifs is 1. The summed E-state index contributed by atoms with van der Waals surface area (Å²) in [5.74, 6) is -1.14. The van der Waals surface area contributed by atoms with Gasteiger partial charge in [0.2, 0.25) is 0 Å². The zero-order chi connectivity index (χ0) is 26.6. The van der Waals surface area contributed by atoms with Crippen LogP contribution in [0.2, 0.25) is 25.7 Å². The van der Waals surface area contributed by atoms with Crippen molar-refractivity contribution in [2.75, 3.05) is 13.7 Å². The van der Waals surface area contributed by atoms with Crippen LogP contribution in [0.25, 0.3) is 33.4 Å². The van der Waals surface area contributed by atoms with Gasteiger partial charge in [0, 0.05) is 49.4 Å². The van der Waals surface area contributed by atoms with Gasteiger partial charge >= 0.3 is 0 Å². The summed E-state index contributed by atoms with van der Waals surface area (Å²) < 4.78 is 13.4. The smallest absolute Gasteiger partial charge is 0.189 e. The molecule has 2 aromatic heterocycles. The van der Waals surface area contributed by atoms with Crippen molar-refractivity contribution in [3.05, 3.63) is 66.4 Å². The Labute approximate surface area is 219 Å². The fourth-order valence-electron chi connectivity index (χ4n) is 4.32. The minimum absolute atomic E-state index is 0.260. The number of rotatable bonds is 11. The van der Waals surface area contributed by atoms with Crippen molar-refractivity contribution in [1.29, 1.82) is 0 Å². The number of pyridine rings is 1. The maximum Gasteiger partial charge on any atom is 0.189 e. The van der Waals surface area contributed by atoms with Gasteiger partial charge in [0.25, 0.3) is 0 Å². The van der Waals surface area contributed by atoms with Gasteiger partial charge in [-0.3, -0.25) is 0 Å².